The monoisotopic (exact) mass is 340 g/mol. The largest absolute Gasteiger partial charge is 0.489 e. The van der Waals surface area contributed by atoms with E-state index < -0.39 is 6.10 Å². The summed E-state index contributed by atoms with van der Waals surface area (Å²) in [6, 6.07) is 13.1. The van der Waals surface area contributed by atoms with E-state index in [1.165, 1.54) is 0 Å². The molecule has 2 aromatic rings. The summed E-state index contributed by atoms with van der Waals surface area (Å²) in [7, 11) is 0. The molecule has 4 heteroatoms. The standard InChI is InChI=1S/C15H14BrClO2/c1-10(18)14-8-12(16)5-6-15(14)19-9-11-3-2-4-13(17)7-11/h2-8,10,18H,9H2,1H3/t10-/m0/s1. The lowest BCUT2D eigenvalue weighted by Gasteiger charge is -2.14. The van der Waals surface area contributed by atoms with Crippen molar-refractivity contribution in [3.8, 4) is 5.75 Å². The number of rotatable bonds is 4. The Morgan fingerprint density at radius 2 is 2.05 bits per heavy atom. The van der Waals surface area contributed by atoms with Crippen molar-refractivity contribution in [3.63, 3.8) is 0 Å². The molecule has 0 saturated heterocycles. The highest BCUT2D eigenvalue weighted by Crippen LogP contribution is 2.29. The molecule has 0 aliphatic rings. The SMILES string of the molecule is C[C@H](O)c1cc(Br)ccc1OCc1cccc(Cl)c1. The van der Waals surface area contributed by atoms with Gasteiger partial charge in [-0.25, -0.2) is 0 Å². The molecule has 1 atom stereocenters. The fourth-order valence-corrected chi connectivity index (χ4v) is 2.36. The average molecular weight is 342 g/mol. The molecular weight excluding hydrogens is 328 g/mol. The molecule has 2 aromatic carbocycles. The topological polar surface area (TPSA) is 29.5 Å². The Labute approximate surface area is 126 Å². The quantitative estimate of drug-likeness (QED) is 0.870. The van der Waals surface area contributed by atoms with Crippen molar-refractivity contribution in [3.05, 3.63) is 63.1 Å². The van der Waals surface area contributed by atoms with Crippen LogP contribution in [0.25, 0.3) is 0 Å². The third kappa shape index (κ3) is 3.96. The molecule has 1 N–H and O–H groups in total. The smallest absolute Gasteiger partial charge is 0.125 e. The van der Waals surface area contributed by atoms with Gasteiger partial charge in [-0.15, -0.1) is 0 Å². The lowest BCUT2D eigenvalue weighted by Crippen LogP contribution is -2.01. The minimum atomic E-state index is -0.577. The lowest BCUT2D eigenvalue weighted by molar-refractivity contribution is 0.190. The van der Waals surface area contributed by atoms with Crippen molar-refractivity contribution in [2.24, 2.45) is 0 Å². The van der Waals surface area contributed by atoms with Gasteiger partial charge in [0, 0.05) is 15.1 Å². The van der Waals surface area contributed by atoms with Gasteiger partial charge in [0.05, 0.1) is 6.10 Å². The first-order valence-corrected chi connectivity index (χ1v) is 7.08. The van der Waals surface area contributed by atoms with Gasteiger partial charge in [-0.3, -0.25) is 0 Å². The van der Waals surface area contributed by atoms with Crippen molar-refractivity contribution in [1.82, 2.24) is 0 Å². The van der Waals surface area contributed by atoms with Gasteiger partial charge in [-0.05, 0) is 42.8 Å². The van der Waals surface area contributed by atoms with Crippen LogP contribution < -0.4 is 4.74 Å². The Morgan fingerprint density at radius 1 is 1.26 bits per heavy atom. The fourth-order valence-electron chi connectivity index (χ4n) is 1.77. The molecule has 0 unspecified atom stereocenters. The normalized spacial score (nSPS) is 12.2. The maximum atomic E-state index is 9.75. The van der Waals surface area contributed by atoms with Crippen LogP contribution in [-0.4, -0.2) is 5.11 Å². The fraction of sp³-hybridized carbons (Fsp3) is 0.200. The summed E-state index contributed by atoms with van der Waals surface area (Å²) >= 11 is 9.31. The van der Waals surface area contributed by atoms with E-state index in [1.807, 2.05) is 42.5 Å². The van der Waals surface area contributed by atoms with Crippen LogP contribution in [0.2, 0.25) is 5.02 Å². The van der Waals surface area contributed by atoms with Gasteiger partial charge < -0.3 is 9.84 Å². The summed E-state index contributed by atoms with van der Waals surface area (Å²) in [6.07, 6.45) is -0.577. The predicted molar refractivity (Wildman–Crippen MR) is 80.6 cm³/mol. The van der Waals surface area contributed by atoms with E-state index in [0.29, 0.717) is 17.4 Å². The van der Waals surface area contributed by atoms with Crippen LogP contribution >= 0.6 is 27.5 Å². The van der Waals surface area contributed by atoms with E-state index in [1.54, 1.807) is 6.92 Å². The zero-order valence-electron chi connectivity index (χ0n) is 10.4. The molecule has 0 saturated carbocycles. The average Bonchev–Trinajstić information content (AvgIpc) is 2.37. The summed E-state index contributed by atoms with van der Waals surface area (Å²) in [5.74, 6) is 0.679. The second kappa shape index (κ2) is 6.42. The predicted octanol–water partition coefficient (Wildman–Crippen LogP) is 4.73. The zero-order chi connectivity index (χ0) is 13.8. The Morgan fingerprint density at radius 3 is 2.74 bits per heavy atom. The Kier molecular flexibility index (Phi) is 4.86. The second-order valence-electron chi connectivity index (χ2n) is 4.28. The first kappa shape index (κ1) is 14.4. The molecule has 0 aliphatic heterocycles. The second-order valence-corrected chi connectivity index (χ2v) is 5.63. The minimum absolute atomic E-state index is 0.419. The third-order valence-corrected chi connectivity index (χ3v) is 3.43. The number of aliphatic hydroxyl groups is 1. The minimum Gasteiger partial charge on any atom is -0.489 e. The van der Waals surface area contributed by atoms with Gasteiger partial charge in [0.2, 0.25) is 0 Å². The highest BCUT2D eigenvalue weighted by atomic mass is 79.9. The van der Waals surface area contributed by atoms with E-state index in [4.69, 9.17) is 16.3 Å². The van der Waals surface area contributed by atoms with Crippen molar-refractivity contribution in [2.45, 2.75) is 19.6 Å². The van der Waals surface area contributed by atoms with Crippen molar-refractivity contribution in [2.75, 3.05) is 0 Å². The van der Waals surface area contributed by atoms with E-state index in [0.717, 1.165) is 15.6 Å². The van der Waals surface area contributed by atoms with Crippen molar-refractivity contribution >= 4 is 27.5 Å². The maximum Gasteiger partial charge on any atom is 0.125 e. The summed E-state index contributed by atoms with van der Waals surface area (Å²) < 4.78 is 6.67. The molecule has 19 heavy (non-hydrogen) atoms. The van der Waals surface area contributed by atoms with Gasteiger partial charge in [0.1, 0.15) is 12.4 Å². The Bertz CT molecular complexity index is 570. The molecule has 0 fully saturated rings. The van der Waals surface area contributed by atoms with E-state index >= 15 is 0 Å². The van der Waals surface area contributed by atoms with E-state index in [9.17, 15) is 5.11 Å². The van der Waals surface area contributed by atoms with Gasteiger partial charge in [0.25, 0.3) is 0 Å². The molecule has 0 spiro atoms. The van der Waals surface area contributed by atoms with Crippen LogP contribution in [0, 0.1) is 0 Å². The molecule has 100 valence electrons. The van der Waals surface area contributed by atoms with E-state index in [2.05, 4.69) is 15.9 Å². The number of aliphatic hydroxyl groups excluding tert-OH is 1. The number of ether oxygens (including phenoxy) is 1. The molecule has 0 bridgehead atoms. The molecule has 0 amide bonds. The summed E-state index contributed by atoms with van der Waals surface area (Å²) in [4.78, 5) is 0. The van der Waals surface area contributed by atoms with Gasteiger partial charge >= 0.3 is 0 Å². The third-order valence-electron chi connectivity index (χ3n) is 2.71. The summed E-state index contributed by atoms with van der Waals surface area (Å²) in [6.45, 7) is 2.13. The van der Waals surface area contributed by atoms with E-state index in [-0.39, 0.29) is 0 Å². The van der Waals surface area contributed by atoms with Gasteiger partial charge in [0.15, 0.2) is 0 Å². The van der Waals surface area contributed by atoms with Crippen LogP contribution in [0.5, 0.6) is 5.75 Å². The lowest BCUT2D eigenvalue weighted by atomic mass is 10.1. The summed E-state index contributed by atoms with van der Waals surface area (Å²) in [5.41, 5.74) is 1.75. The van der Waals surface area contributed by atoms with Gasteiger partial charge in [-0.1, -0.05) is 39.7 Å². The number of benzene rings is 2. The Balaban J connectivity index is 2.15. The molecule has 0 heterocycles. The number of hydrogen-bond donors (Lipinski definition) is 1. The molecule has 2 rings (SSSR count). The zero-order valence-corrected chi connectivity index (χ0v) is 12.8. The molecule has 2 nitrogen and oxygen atoms in total. The molecular formula is C15H14BrClO2. The number of halogens is 2. The van der Waals surface area contributed by atoms with Gasteiger partial charge in [-0.2, -0.15) is 0 Å². The van der Waals surface area contributed by atoms with Crippen LogP contribution in [0.4, 0.5) is 0 Å². The van der Waals surface area contributed by atoms with Crippen LogP contribution in [0.3, 0.4) is 0 Å². The maximum absolute atomic E-state index is 9.75. The van der Waals surface area contributed by atoms with Crippen LogP contribution in [-0.2, 0) is 6.61 Å². The van der Waals surface area contributed by atoms with Crippen molar-refractivity contribution < 1.29 is 9.84 Å². The number of hydrogen-bond acceptors (Lipinski definition) is 2. The molecule has 0 aliphatic carbocycles. The molecule has 0 radical (unpaired) electrons. The highest BCUT2D eigenvalue weighted by Gasteiger charge is 2.10. The molecule has 0 aromatic heterocycles. The van der Waals surface area contributed by atoms with Crippen LogP contribution in [0.1, 0.15) is 24.2 Å². The first-order valence-electron chi connectivity index (χ1n) is 5.91. The highest BCUT2D eigenvalue weighted by molar-refractivity contribution is 9.10. The summed E-state index contributed by atoms with van der Waals surface area (Å²) in [5, 5.41) is 10.4. The first-order chi connectivity index (χ1) is 9.06. The van der Waals surface area contributed by atoms with Crippen molar-refractivity contribution in [1.29, 1.82) is 0 Å². The van der Waals surface area contributed by atoms with Crippen LogP contribution in [0.15, 0.2) is 46.9 Å². The Hall–Kier alpha value is -1.03.